The fraction of sp³-hybridized carbons (Fsp3) is 1.00. The van der Waals surface area contributed by atoms with E-state index in [1.165, 1.54) is 0 Å². The quantitative estimate of drug-likeness (QED) is 0.186. The van der Waals surface area contributed by atoms with Crippen LogP contribution in [0.25, 0.3) is 0 Å². The summed E-state index contributed by atoms with van der Waals surface area (Å²) in [5, 5.41) is 0. The van der Waals surface area contributed by atoms with Gasteiger partial charge < -0.3 is 52.4 Å². The van der Waals surface area contributed by atoms with Crippen LogP contribution in [-0.4, -0.2) is 59.3 Å². The topological polar surface area (TPSA) is 0 Å². The van der Waals surface area contributed by atoms with Crippen LogP contribution in [0.3, 0.4) is 0 Å². The Morgan fingerprint density at radius 3 is 0.789 bits per heavy atom. The first-order chi connectivity index (χ1) is 7.15. The molecule has 0 fully saturated rings. The van der Waals surface area contributed by atoms with E-state index in [0.717, 1.165) is 4.48 Å². The van der Waals surface area contributed by atoms with Crippen LogP contribution in [0.1, 0.15) is 0 Å². The fourth-order valence-corrected chi connectivity index (χ4v) is 0. The second-order valence-corrected chi connectivity index (χ2v) is 58.1. The number of hydrogen-bond donors (Lipinski definition) is 0. The summed E-state index contributed by atoms with van der Waals surface area (Å²) in [4.78, 5) is -0.278. The zero-order valence-corrected chi connectivity index (χ0v) is 31.2. The van der Waals surface area contributed by atoms with Crippen molar-refractivity contribution in [3.8, 4) is 0 Å². The number of hydrogen-bond acceptors (Lipinski definition) is 0. The molecule has 0 atom stereocenters. The number of halogens is 7. The standard InChI is InChI=1S/C4H12N.C4H12P.7HI.2V/c2*1-5(2,3)4;;;;;;;;;/h2*1-4H3;7*1H;;/q2*+1;;;;;;;;+2;+3/p-7. The first-order valence-corrected chi connectivity index (χ1v) is 30.5. The average molecular weight is 1160 g/mol. The molecule has 0 heterocycles. The molecule has 0 saturated carbocycles. The van der Waals surface area contributed by atoms with E-state index in [-0.39, 0.29) is 60.1 Å². The van der Waals surface area contributed by atoms with E-state index in [1.807, 2.05) is 0 Å². The van der Waals surface area contributed by atoms with Crippen LogP contribution in [0.2, 0.25) is 0 Å². The van der Waals surface area contributed by atoms with E-state index in [0.29, 0.717) is 9.47 Å². The summed E-state index contributed by atoms with van der Waals surface area (Å²) in [6, 6.07) is 0. The molecule has 0 aromatic rings. The Morgan fingerprint density at radius 2 is 0.789 bits per heavy atom. The summed E-state index contributed by atoms with van der Waals surface area (Å²) in [6.07, 6.45) is 0. The molecule has 125 valence electrons. The van der Waals surface area contributed by atoms with E-state index in [2.05, 4.69) is 155 Å². The predicted molar refractivity (Wildman–Crippen MR) is 125 cm³/mol. The maximum absolute atomic E-state index is 2.46. The third kappa shape index (κ3) is 285. The zero-order valence-electron chi connectivity index (χ0n) is 12.4. The summed E-state index contributed by atoms with van der Waals surface area (Å²) in [7, 11) is 8.74. The SMILES string of the molecule is C[N+](C)(C)C.C[P+](C)(C)C.[I-].[I-].[I][V]([I])[I].[I][V][I]. The molecule has 0 aromatic heterocycles. The van der Waals surface area contributed by atoms with Crippen molar-refractivity contribution in [1.29, 1.82) is 0 Å². The molecule has 0 spiro atoms. The Labute approximate surface area is 223 Å². The van der Waals surface area contributed by atoms with Crippen LogP contribution in [0.4, 0.5) is 0 Å². The zero-order chi connectivity index (χ0) is 15.3. The Morgan fingerprint density at radius 1 is 0.789 bits per heavy atom. The van der Waals surface area contributed by atoms with Gasteiger partial charge in [-0.2, -0.15) is 0 Å². The van der Waals surface area contributed by atoms with Gasteiger partial charge in [-0.1, -0.05) is 0 Å². The molecule has 19 heavy (non-hydrogen) atoms. The van der Waals surface area contributed by atoms with Gasteiger partial charge in [0.25, 0.3) is 0 Å². The van der Waals surface area contributed by atoms with Crippen LogP contribution in [0.15, 0.2) is 0 Å². The molecule has 0 rings (SSSR count). The van der Waals surface area contributed by atoms with Crippen molar-refractivity contribution < 1.29 is 66.8 Å². The van der Waals surface area contributed by atoms with Crippen LogP contribution < -0.4 is 48.0 Å². The van der Waals surface area contributed by atoms with Gasteiger partial charge in [0.15, 0.2) is 0 Å². The Bertz CT molecular complexity index is 115. The first-order valence-electron chi connectivity index (χ1n) is 4.42. The number of rotatable bonds is 0. The molecule has 0 aliphatic rings. The van der Waals surface area contributed by atoms with E-state index >= 15 is 0 Å². The molecular formula is C8H24I7NPV2. The molecule has 1 nitrogen and oxygen atoms in total. The van der Waals surface area contributed by atoms with Crippen molar-refractivity contribution in [2.45, 2.75) is 0 Å². The molecule has 0 aliphatic carbocycles. The average Bonchev–Trinajstić information content (AvgIpc) is 1.74. The van der Waals surface area contributed by atoms with Crippen molar-refractivity contribution in [2.24, 2.45) is 0 Å². The van der Waals surface area contributed by atoms with Gasteiger partial charge in [-0.15, -0.1) is 0 Å². The third-order valence-electron chi connectivity index (χ3n) is 0. The molecule has 0 aromatic carbocycles. The summed E-state index contributed by atoms with van der Waals surface area (Å²) in [5.74, 6) is 0. The first kappa shape index (κ1) is 40.4. The van der Waals surface area contributed by atoms with Crippen LogP contribution in [0, 0.1) is 0 Å². The van der Waals surface area contributed by atoms with Crippen LogP contribution in [-0.2, 0) is 14.4 Å². The van der Waals surface area contributed by atoms with Crippen molar-refractivity contribution >= 4 is 107 Å². The molecule has 0 amide bonds. The third-order valence-corrected chi connectivity index (χ3v) is 0. The molecular weight excluding hydrogens is 1130 g/mol. The van der Waals surface area contributed by atoms with E-state index in [4.69, 9.17) is 0 Å². The van der Waals surface area contributed by atoms with Crippen molar-refractivity contribution in [3.63, 3.8) is 0 Å². The number of nitrogens with zero attached hydrogens (tertiary/aromatic N) is 1. The molecule has 0 bridgehead atoms. The molecule has 11 heteroatoms. The normalized spacial score (nSPS) is 8.95. The molecule has 0 N–H and O–H groups in total. The summed E-state index contributed by atoms with van der Waals surface area (Å²) in [6.45, 7) is 9.19. The summed E-state index contributed by atoms with van der Waals surface area (Å²) in [5.41, 5.74) is 0. The van der Waals surface area contributed by atoms with Gasteiger partial charge in [0.05, 0.1) is 28.2 Å². The minimum absolute atomic E-state index is 0. The Hall–Kier alpha value is 6.67. The Balaban J connectivity index is -0.0000000291. The van der Waals surface area contributed by atoms with Gasteiger partial charge >= 0.3 is 114 Å². The second-order valence-electron chi connectivity index (χ2n) is 5.62. The maximum atomic E-state index is 2.46. The van der Waals surface area contributed by atoms with Gasteiger partial charge in [0, 0.05) is 33.9 Å². The summed E-state index contributed by atoms with van der Waals surface area (Å²) >= 11 is 12.1. The van der Waals surface area contributed by atoms with Crippen LogP contribution in [0.5, 0.6) is 0 Å². The van der Waals surface area contributed by atoms with Gasteiger partial charge in [-0.25, -0.2) is 0 Å². The van der Waals surface area contributed by atoms with Crippen molar-refractivity contribution in [2.75, 3.05) is 54.8 Å². The van der Waals surface area contributed by atoms with Crippen molar-refractivity contribution in [1.82, 2.24) is 0 Å². The number of quaternary nitrogens is 1. The van der Waals surface area contributed by atoms with E-state index < -0.39 is 0 Å². The minimum atomic E-state index is -0.389. The van der Waals surface area contributed by atoms with Crippen molar-refractivity contribution in [3.05, 3.63) is 0 Å². The van der Waals surface area contributed by atoms with Gasteiger partial charge in [0.1, 0.15) is 0 Å². The van der Waals surface area contributed by atoms with Gasteiger partial charge in [0.2, 0.25) is 0 Å². The fourth-order valence-electron chi connectivity index (χ4n) is 0. The molecule has 0 unspecified atom stereocenters. The predicted octanol–water partition coefficient (Wildman–Crippen LogP) is 0.277. The van der Waals surface area contributed by atoms with Gasteiger partial charge in [-0.3, -0.25) is 0 Å². The second kappa shape index (κ2) is 26.9. The Kier molecular flexibility index (Phi) is 57.2. The van der Waals surface area contributed by atoms with Crippen LogP contribution >= 0.6 is 107 Å². The van der Waals surface area contributed by atoms with E-state index in [1.54, 1.807) is 0 Å². The molecule has 0 radical (unpaired) electrons. The monoisotopic (exact) mass is 1160 g/mol. The van der Waals surface area contributed by atoms with E-state index in [9.17, 15) is 0 Å². The van der Waals surface area contributed by atoms with Gasteiger partial charge in [-0.05, 0) is 0 Å². The summed E-state index contributed by atoms with van der Waals surface area (Å²) < 4.78 is 1.00. The molecule has 0 aliphatic heterocycles. The molecule has 0 saturated heterocycles.